The molecule has 0 spiro atoms. The maximum atomic E-state index is 4.88. The number of halogens is 1. The second-order valence-electron chi connectivity index (χ2n) is 8.21. The molecule has 4 fully saturated rings. The number of hydrogen-bond acceptors (Lipinski definition) is 1. The third-order valence-electron chi connectivity index (χ3n) is 6.47. The highest BCUT2D eigenvalue weighted by Gasteiger charge is 2.53. The molecule has 0 amide bonds. The number of rotatable bonds is 3. The van der Waals surface area contributed by atoms with Gasteiger partial charge in [0.15, 0.2) is 0 Å². The Morgan fingerprint density at radius 1 is 1.09 bits per heavy atom. The molecule has 4 aliphatic carbocycles. The Morgan fingerprint density at radius 2 is 1.78 bits per heavy atom. The van der Waals surface area contributed by atoms with Crippen LogP contribution in [0.5, 0.6) is 0 Å². The van der Waals surface area contributed by atoms with E-state index in [1.165, 1.54) is 49.9 Å². The maximum absolute atomic E-state index is 4.88. The van der Waals surface area contributed by atoms with Crippen LogP contribution in [0.4, 0.5) is 0 Å². The normalized spacial score (nSPS) is 34.9. The van der Waals surface area contributed by atoms with Crippen LogP contribution in [0.25, 0.3) is 0 Å². The van der Waals surface area contributed by atoms with Gasteiger partial charge < -0.3 is 4.57 Å². The zero-order valence-electron chi connectivity index (χ0n) is 13.4. The molecule has 4 aliphatic rings. The van der Waals surface area contributed by atoms with Gasteiger partial charge in [0.25, 0.3) is 0 Å². The third kappa shape index (κ3) is 2.39. The van der Waals surface area contributed by atoms with Crippen molar-refractivity contribution < 1.29 is 0 Å². The molecule has 1 aromatic heterocycles. The molecule has 2 nitrogen and oxygen atoms in total. The summed E-state index contributed by atoms with van der Waals surface area (Å²) in [5, 5.41) is 0. The van der Waals surface area contributed by atoms with Gasteiger partial charge in [-0.2, -0.15) is 0 Å². The van der Waals surface area contributed by atoms with Crippen molar-refractivity contribution in [2.24, 2.45) is 17.8 Å². The first-order chi connectivity index (χ1) is 11.2. The summed E-state index contributed by atoms with van der Waals surface area (Å²) in [4.78, 5) is 4.88. The highest BCUT2D eigenvalue weighted by Crippen LogP contribution is 2.60. The van der Waals surface area contributed by atoms with Gasteiger partial charge in [0.1, 0.15) is 5.82 Å². The topological polar surface area (TPSA) is 17.8 Å². The van der Waals surface area contributed by atoms with E-state index in [9.17, 15) is 0 Å². The summed E-state index contributed by atoms with van der Waals surface area (Å²) in [5.74, 6) is 4.28. The lowest BCUT2D eigenvalue weighted by molar-refractivity contribution is -0.0108. The molecule has 1 aromatic carbocycles. The molecule has 1 heterocycles. The molecule has 0 N–H and O–H groups in total. The molecule has 0 atom stereocenters. The molecule has 0 aliphatic heterocycles. The highest BCUT2D eigenvalue weighted by atomic mass is 79.9. The Bertz CT molecular complexity index is 697. The van der Waals surface area contributed by atoms with E-state index >= 15 is 0 Å². The molecular formula is C20H23BrN2. The van der Waals surface area contributed by atoms with Gasteiger partial charge in [-0.15, -0.1) is 0 Å². The number of nitrogens with zero attached hydrogens (tertiary/aromatic N) is 2. The minimum absolute atomic E-state index is 0.379. The smallest absolute Gasteiger partial charge is 0.115 e. The SMILES string of the molecule is Brc1cccc(Cn2ccnc2C23CC4CC(CC(C4)C2)C3)c1. The lowest BCUT2D eigenvalue weighted by atomic mass is 9.49. The highest BCUT2D eigenvalue weighted by molar-refractivity contribution is 9.10. The largest absolute Gasteiger partial charge is 0.330 e. The van der Waals surface area contributed by atoms with E-state index in [0.717, 1.165) is 28.8 Å². The molecule has 4 saturated carbocycles. The molecule has 2 aromatic rings. The van der Waals surface area contributed by atoms with Crippen LogP contribution in [0.15, 0.2) is 41.1 Å². The van der Waals surface area contributed by atoms with Crippen molar-refractivity contribution in [1.29, 1.82) is 0 Å². The minimum Gasteiger partial charge on any atom is -0.330 e. The molecular weight excluding hydrogens is 348 g/mol. The molecule has 0 radical (unpaired) electrons. The van der Waals surface area contributed by atoms with Crippen molar-refractivity contribution in [3.63, 3.8) is 0 Å². The fourth-order valence-electron chi connectivity index (χ4n) is 6.11. The number of aromatic nitrogens is 2. The summed E-state index contributed by atoms with van der Waals surface area (Å²) in [7, 11) is 0. The average Bonchev–Trinajstić information content (AvgIpc) is 2.95. The zero-order chi connectivity index (χ0) is 15.4. The van der Waals surface area contributed by atoms with Crippen LogP contribution in [-0.2, 0) is 12.0 Å². The second-order valence-corrected chi connectivity index (χ2v) is 9.12. The first kappa shape index (κ1) is 14.3. The van der Waals surface area contributed by atoms with Crippen LogP contribution in [-0.4, -0.2) is 9.55 Å². The van der Waals surface area contributed by atoms with E-state index in [4.69, 9.17) is 4.98 Å². The molecule has 23 heavy (non-hydrogen) atoms. The van der Waals surface area contributed by atoms with Gasteiger partial charge in [-0.05, 0) is 74.0 Å². The van der Waals surface area contributed by atoms with E-state index < -0.39 is 0 Å². The van der Waals surface area contributed by atoms with Gasteiger partial charge in [-0.1, -0.05) is 28.1 Å². The first-order valence-corrected chi connectivity index (χ1v) is 9.75. The van der Waals surface area contributed by atoms with Gasteiger partial charge >= 0.3 is 0 Å². The lowest BCUT2D eigenvalue weighted by Crippen LogP contribution is -2.49. The minimum atomic E-state index is 0.379. The van der Waals surface area contributed by atoms with Crippen molar-refractivity contribution in [2.75, 3.05) is 0 Å². The fraction of sp³-hybridized carbons (Fsp3) is 0.550. The molecule has 0 unspecified atom stereocenters. The number of benzene rings is 1. The van der Waals surface area contributed by atoms with Crippen LogP contribution < -0.4 is 0 Å². The quantitative estimate of drug-likeness (QED) is 0.729. The van der Waals surface area contributed by atoms with Crippen molar-refractivity contribution in [3.05, 3.63) is 52.5 Å². The molecule has 6 rings (SSSR count). The predicted octanol–water partition coefficient (Wildman–Crippen LogP) is 5.16. The standard InChI is InChI=1S/C20H23BrN2/c21-18-3-1-2-14(9-18)13-23-5-4-22-19(23)20-10-15-6-16(11-20)8-17(7-15)12-20/h1-5,9,15-17H,6-8,10-13H2. The van der Waals surface area contributed by atoms with Crippen LogP contribution in [0.2, 0.25) is 0 Å². The summed E-state index contributed by atoms with van der Waals surface area (Å²) in [5.41, 5.74) is 1.73. The van der Waals surface area contributed by atoms with Crippen LogP contribution >= 0.6 is 15.9 Å². The summed E-state index contributed by atoms with van der Waals surface area (Å²) in [6.07, 6.45) is 12.8. The predicted molar refractivity (Wildman–Crippen MR) is 95.3 cm³/mol. The van der Waals surface area contributed by atoms with E-state index in [2.05, 4.69) is 51.0 Å². The number of imidazole rings is 1. The number of hydrogen-bond donors (Lipinski definition) is 0. The fourth-order valence-corrected chi connectivity index (χ4v) is 6.56. The lowest BCUT2D eigenvalue weighted by Gasteiger charge is -2.56. The summed E-state index contributed by atoms with van der Waals surface area (Å²) in [6, 6.07) is 8.66. The van der Waals surface area contributed by atoms with E-state index in [-0.39, 0.29) is 0 Å². The van der Waals surface area contributed by atoms with E-state index in [0.29, 0.717) is 5.41 Å². The monoisotopic (exact) mass is 370 g/mol. The van der Waals surface area contributed by atoms with Gasteiger partial charge in [0.2, 0.25) is 0 Å². The molecule has 4 bridgehead atoms. The van der Waals surface area contributed by atoms with Crippen molar-refractivity contribution >= 4 is 15.9 Å². The van der Waals surface area contributed by atoms with Crippen LogP contribution in [0.3, 0.4) is 0 Å². The Hall–Kier alpha value is -1.09. The van der Waals surface area contributed by atoms with Crippen molar-refractivity contribution in [3.8, 4) is 0 Å². The van der Waals surface area contributed by atoms with Crippen LogP contribution in [0.1, 0.15) is 49.9 Å². The van der Waals surface area contributed by atoms with Crippen molar-refractivity contribution in [1.82, 2.24) is 9.55 Å². The molecule has 120 valence electrons. The Kier molecular flexibility index (Phi) is 3.23. The van der Waals surface area contributed by atoms with Crippen molar-refractivity contribution in [2.45, 2.75) is 50.5 Å². The summed E-state index contributed by atoms with van der Waals surface area (Å²) in [6.45, 7) is 0.941. The Morgan fingerprint density at radius 3 is 2.43 bits per heavy atom. The summed E-state index contributed by atoms with van der Waals surface area (Å²) >= 11 is 3.59. The molecule has 3 heteroatoms. The third-order valence-corrected chi connectivity index (χ3v) is 6.96. The second kappa shape index (κ2) is 5.20. The first-order valence-electron chi connectivity index (χ1n) is 8.96. The molecule has 0 saturated heterocycles. The van der Waals surface area contributed by atoms with E-state index in [1.807, 2.05) is 6.20 Å². The zero-order valence-corrected chi connectivity index (χ0v) is 15.0. The average molecular weight is 371 g/mol. The summed E-state index contributed by atoms with van der Waals surface area (Å²) < 4.78 is 3.58. The van der Waals surface area contributed by atoms with Gasteiger partial charge in [-0.3, -0.25) is 0 Å². The van der Waals surface area contributed by atoms with Crippen LogP contribution in [0, 0.1) is 17.8 Å². The Balaban J connectivity index is 1.49. The van der Waals surface area contributed by atoms with Gasteiger partial charge in [-0.25, -0.2) is 4.98 Å². The maximum Gasteiger partial charge on any atom is 0.115 e. The van der Waals surface area contributed by atoms with Gasteiger partial charge in [0.05, 0.1) is 0 Å². The Labute approximate surface area is 146 Å². The van der Waals surface area contributed by atoms with Gasteiger partial charge in [0, 0.05) is 28.8 Å². The van der Waals surface area contributed by atoms with E-state index in [1.54, 1.807) is 0 Å².